The van der Waals surface area contributed by atoms with Gasteiger partial charge < -0.3 is 24.8 Å². The van der Waals surface area contributed by atoms with Gasteiger partial charge in [-0.1, -0.05) is 36.7 Å². The topological polar surface area (TPSA) is 85.9 Å². The smallest absolute Gasteiger partial charge is 0.336 e. The molecule has 0 radical (unpaired) electrons. The molecule has 1 aromatic carbocycles. The summed E-state index contributed by atoms with van der Waals surface area (Å²) in [6, 6.07) is 7.11. The average molecular weight is 437 g/mol. The first kappa shape index (κ1) is 23.9. The van der Waals surface area contributed by atoms with E-state index in [1.54, 1.807) is 32.0 Å². The maximum atomic E-state index is 13.0. The molecule has 0 saturated heterocycles. The number of benzene rings is 1. The molecule has 2 rings (SSSR count). The standard InChI is InChI=1S/C22H29ClN2O5/c1-5-24-11-12-29-13-17-20(22(27)30-6-2)19(15-9-7-8-10-16(15)23)18(14(3)25-17)21(26)28-4/h7-10,19,24-25H,5-6,11-13H2,1-4H3/t19-/m0/s1. The van der Waals surface area contributed by atoms with Crippen LogP contribution >= 0.6 is 11.6 Å². The average Bonchev–Trinajstić information content (AvgIpc) is 2.73. The largest absolute Gasteiger partial charge is 0.466 e. The van der Waals surface area contributed by atoms with Crippen molar-refractivity contribution < 1.29 is 23.8 Å². The van der Waals surface area contributed by atoms with Crippen LogP contribution in [0.15, 0.2) is 46.8 Å². The maximum absolute atomic E-state index is 13.0. The van der Waals surface area contributed by atoms with Crippen molar-refractivity contribution >= 4 is 23.5 Å². The van der Waals surface area contributed by atoms with E-state index in [4.69, 9.17) is 25.8 Å². The Labute approximate surface area is 182 Å². The van der Waals surface area contributed by atoms with Crippen LogP contribution in [0.5, 0.6) is 0 Å². The molecule has 1 aromatic rings. The summed E-state index contributed by atoms with van der Waals surface area (Å²) in [4.78, 5) is 25.7. The highest BCUT2D eigenvalue weighted by Gasteiger charge is 2.39. The van der Waals surface area contributed by atoms with Crippen molar-refractivity contribution in [2.24, 2.45) is 0 Å². The van der Waals surface area contributed by atoms with Gasteiger partial charge in [-0.2, -0.15) is 0 Å². The number of esters is 2. The van der Waals surface area contributed by atoms with Crippen LogP contribution in [0.4, 0.5) is 0 Å². The highest BCUT2D eigenvalue weighted by atomic mass is 35.5. The Morgan fingerprint density at radius 2 is 1.90 bits per heavy atom. The summed E-state index contributed by atoms with van der Waals surface area (Å²) in [5.41, 5.74) is 2.34. The summed E-state index contributed by atoms with van der Waals surface area (Å²) in [5, 5.41) is 6.77. The fraction of sp³-hybridized carbons (Fsp3) is 0.455. The zero-order valence-corrected chi connectivity index (χ0v) is 18.6. The second-order valence-corrected chi connectivity index (χ2v) is 7.04. The van der Waals surface area contributed by atoms with Gasteiger partial charge in [0.25, 0.3) is 0 Å². The maximum Gasteiger partial charge on any atom is 0.336 e. The van der Waals surface area contributed by atoms with E-state index >= 15 is 0 Å². The number of nitrogens with one attached hydrogen (secondary N) is 2. The third-order valence-corrected chi connectivity index (χ3v) is 5.03. The molecular formula is C22H29ClN2O5. The van der Waals surface area contributed by atoms with Crippen molar-refractivity contribution in [2.75, 3.05) is 40.0 Å². The van der Waals surface area contributed by atoms with Gasteiger partial charge in [0.15, 0.2) is 0 Å². The normalized spacial score (nSPS) is 16.4. The zero-order chi connectivity index (χ0) is 22.1. The molecule has 8 heteroatoms. The number of allylic oxidation sites excluding steroid dienone is 1. The van der Waals surface area contributed by atoms with Crippen LogP contribution in [-0.2, 0) is 23.8 Å². The molecule has 0 bridgehead atoms. The molecule has 1 aliphatic rings. The molecule has 2 N–H and O–H groups in total. The van der Waals surface area contributed by atoms with Gasteiger partial charge in [-0.15, -0.1) is 0 Å². The molecule has 7 nitrogen and oxygen atoms in total. The van der Waals surface area contributed by atoms with Gasteiger partial charge in [-0.05, 0) is 32.0 Å². The molecule has 30 heavy (non-hydrogen) atoms. The van der Waals surface area contributed by atoms with Gasteiger partial charge in [-0.25, -0.2) is 9.59 Å². The lowest BCUT2D eigenvalue weighted by Gasteiger charge is -2.31. The summed E-state index contributed by atoms with van der Waals surface area (Å²) in [6.07, 6.45) is 0. The molecule has 164 valence electrons. The van der Waals surface area contributed by atoms with Crippen molar-refractivity contribution in [1.82, 2.24) is 10.6 Å². The Balaban J connectivity index is 2.55. The van der Waals surface area contributed by atoms with Crippen LogP contribution in [0.25, 0.3) is 0 Å². The van der Waals surface area contributed by atoms with Gasteiger partial charge in [-0.3, -0.25) is 0 Å². The third-order valence-electron chi connectivity index (χ3n) is 4.68. The number of carbonyl (C=O) groups excluding carboxylic acids is 2. The molecule has 0 unspecified atom stereocenters. The van der Waals surface area contributed by atoms with E-state index in [0.717, 1.165) is 6.54 Å². The van der Waals surface area contributed by atoms with Crippen molar-refractivity contribution in [3.8, 4) is 0 Å². The Bertz CT molecular complexity index is 835. The van der Waals surface area contributed by atoms with Crippen LogP contribution in [0, 0.1) is 0 Å². The van der Waals surface area contributed by atoms with Crippen molar-refractivity contribution in [3.63, 3.8) is 0 Å². The summed E-state index contributed by atoms with van der Waals surface area (Å²) in [7, 11) is 1.30. The van der Waals surface area contributed by atoms with E-state index < -0.39 is 17.9 Å². The van der Waals surface area contributed by atoms with Gasteiger partial charge in [0, 0.05) is 17.3 Å². The number of likely N-dealkylation sites (N-methyl/N-ethyl adjacent to an activating group) is 1. The predicted molar refractivity (Wildman–Crippen MR) is 115 cm³/mol. The second-order valence-electron chi connectivity index (χ2n) is 6.63. The first-order valence-corrected chi connectivity index (χ1v) is 10.3. The monoisotopic (exact) mass is 436 g/mol. The van der Waals surface area contributed by atoms with Crippen LogP contribution in [0.1, 0.15) is 32.3 Å². The molecule has 1 aliphatic heterocycles. The van der Waals surface area contributed by atoms with Crippen LogP contribution < -0.4 is 10.6 Å². The molecule has 0 aromatic heterocycles. The Hall–Kier alpha value is -2.35. The second kappa shape index (κ2) is 11.7. The van der Waals surface area contributed by atoms with E-state index in [9.17, 15) is 9.59 Å². The van der Waals surface area contributed by atoms with Crippen LogP contribution in [0.2, 0.25) is 5.02 Å². The molecule has 0 spiro atoms. The van der Waals surface area contributed by atoms with E-state index in [1.165, 1.54) is 7.11 Å². The fourth-order valence-electron chi connectivity index (χ4n) is 3.36. The minimum Gasteiger partial charge on any atom is -0.466 e. The molecule has 0 fully saturated rings. The lowest BCUT2D eigenvalue weighted by Crippen LogP contribution is -2.35. The Kier molecular flexibility index (Phi) is 9.36. The zero-order valence-electron chi connectivity index (χ0n) is 17.8. The summed E-state index contributed by atoms with van der Waals surface area (Å²) in [6.45, 7) is 7.87. The van der Waals surface area contributed by atoms with Gasteiger partial charge in [0.2, 0.25) is 0 Å². The predicted octanol–water partition coefficient (Wildman–Crippen LogP) is 2.92. The van der Waals surface area contributed by atoms with Gasteiger partial charge >= 0.3 is 11.9 Å². The summed E-state index contributed by atoms with van der Waals surface area (Å²) < 4.78 is 16.1. The van der Waals surface area contributed by atoms with E-state index in [2.05, 4.69) is 10.6 Å². The van der Waals surface area contributed by atoms with Crippen molar-refractivity contribution in [3.05, 3.63) is 57.4 Å². The molecular weight excluding hydrogens is 408 g/mol. The van der Waals surface area contributed by atoms with Crippen molar-refractivity contribution in [1.29, 1.82) is 0 Å². The number of hydrogen-bond donors (Lipinski definition) is 2. The quantitative estimate of drug-likeness (QED) is 0.430. The summed E-state index contributed by atoms with van der Waals surface area (Å²) >= 11 is 6.47. The number of carbonyl (C=O) groups is 2. The lowest BCUT2D eigenvalue weighted by atomic mass is 9.80. The lowest BCUT2D eigenvalue weighted by molar-refractivity contribution is -0.139. The number of ether oxygens (including phenoxy) is 3. The first-order chi connectivity index (χ1) is 14.5. The molecule has 0 saturated carbocycles. The minimum atomic E-state index is -0.737. The van der Waals surface area contributed by atoms with E-state index in [0.29, 0.717) is 46.3 Å². The number of methoxy groups -OCH3 is 1. The molecule has 1 heterocycles. The molecule has 0 amide bonds. The van der Waals surface area contributed by atoms with Crippen molar-refractivity contribution in [2.45, 2.75) is 26.7 Å². The van der Waals surface area contributed by atoms with Gasteiger partial charge in [0.05, 0.1) is 49.7 Å². The van der Waals surface area contributed by atoms with Crippen LogP contribution in [-0.4, -0.2) is 52.0 Å². The minimum absolute atomic E-state index is 0.159. The number of rotatable bonds is 10. The van der Waals surface area contributed by atoms with Crippen LogP contribution in [0.3, 0.4) is 0 Å². The number of dihydropyridines is 1. The third kappa shape index (κ3) is 5.62. The highest BCUT2D eigenvalue weighted by molar-refractivity contribution is 6.31. The van der Waals surface area contributed by atoms with E-state index in [1.807, 2.05) is 13.0 Å². The SMILES string of the molecule is CCNCCOCC1=C(C(=O)OCC)[C@@H](c2ccccc2Cl)C(C(=O)OC)=C(C)N1. The molecule has 0 aliphatic carbocycles. The number of halogens is 1. The first-order valence-electron chi connectivity index (χ1n) is 9.95. The highest BCUT2D eigenvalue weighted by Crippen LogP contribution is 2.41. The Morgan fingerprint density at radius 1 is 1.17 bits per heavy atom. The fourth-order valence-corrected chi connectivity index (χ4v) is 3.60. The number of hydrogen-bond acceptors (Lipinski definition) is 7. The Morgan fingerprint density at radius 3 is 2.53 bits per heavy atom. The summed E-state index contributed by atoms with van der Waals surface area (Å²) in [5.74, 6) is -1.81. The van der Waals surface area contributed by atoms with E-state index in [-0.39, 0.29) is 13.2 Å². The molecule has 1 atom stereocenters. The van der Waals surface area contributed by atoms with Gasteiger partial charge in [0.1, 0.15) is 0 Å².